The second-order valence-corrected chi connectivity index (χ2v) is 5.24. The first-order chi connectivity index (χ1) is 10.5. The molecular formula is C15H17F2NO4. The van der Waals surface area contributed by atoms with E-state index in [1.807, 2.05) is 0 Å². The van der Waals surface area contributed by atoms with Gasteiger partial charge >= 0.3 is 5.97 Å². The molecule has 1 saturated carbocycles. The quantitative estimate of drug-likeness (QED) is 0.831. The summed E-state index contributed by atoms with van der Waals surface area (Å²) in [6.45, 7) is -0.0712. The Hall–Kier alpha value is -2.02. The molecule has 1 aromatic rings. The zero-order valence-electron chi connectivity index (χ0n) is 12.1. The lowest BCUT2D eigenvalue weighted by atomic mass is 10.1. The maximum Gasteiger partial charge on any atom is 0.323 e. The molecule has 5 nitrogen and oxygen atoms in total. The van der Waals surface area contributed by atoms with E-state index in [1.165, 1.54) is 24.1 Å². The second kappa shape index (κ2) is 6.83. The summed E-state index contributed by atoms with van der Waals surface area (Å²) >= 11 is 0. The third-order valence-corrected chi connectivity index (χ3v) is 3.69. The van der Waals surface area contributed by atoms with Gasteiger partial charge in [-0.15, -0.1) is 0 Å². The molecule has 0 unspecified atom stereocenters. The van der Waals surface area contributed by atoms with Crippen LogP contribution in [0.1, 0.15) is 17.9 Å². The highest BCUT2D eigenvalue weighted by atomic mass is 19.2. The first kappa shape index (κ1) is 16.4. The summed E-state index contributed by atoms with van der Waals surface area (Å²) in [5.74, 6) is -4.29. The van der Waals surface area contributed by atoms with Crippen molar-refractivity contribution in [3.8, 4) is 0 Å². The summed E-state index contributed by atoms with van der Waals surface area (Å²) in [7, 11) is 1.45. The highest BCUT2D eigenvalue weighted by Crippen LogP contribution is 2.49. The van der Waals surface area contributed by atoms with Gasteiger partial charge in [-0.2, -0.15) is 0 Å². The number of carboxylic acid groups (broad SMARTS) is 1. The molecule has 1 aliphatic carbocycles. The number of amides is 1. The molecule has 1 aliphatic rings. The van der Waals surface area contributed by atoms with Crippen molar-refractivity contribution in [2.75, 3.05) is 26.8 Å². The number of carbonyl (C=O) groups is 2. The molecule has 0 aliphatic heterocycles. The standard InChI is InChI=1S/C15H17F2NO4/c1-22-6-5-18(8-13(19)20)15(21)11-7-10(11)9-3-2-4-12(16)14(9)17/h2-4,10-11H,5-8H2,1H3,(H,19,20)/t10-,11-/m1/s1. The minimum atomic E-state index is -1.13. The minimum Gasteiger partial charge on any atom is -0.480 e. The highest BCUT2D eigenvalue weighted by molar-refractivity contribution is 5.86. The molecule has 1 fully saturated rings. The van der Waals surface area contributed by atoms with Crippen molar-refractivity contribution in [1.82, 2.24) is 4.90 Å². The minimum absolute atomic E-state index is 0.149. The molecule has 120 valence electrons. The number of carboxylic acids is 1. The fourth-order valence-corrected chi connectivity index (χ4v) is 2.48. The fraction of sp³-hybridized carbons (Fsp3) is 0.467. The van der Waals surface area contributed by atoms with Gasteiger partial charge in [0.2, 0.25) is 5.91 Å². The van der Waals surface area contributed by atoms with Crippen LogP contribution in [0.3, 0.4) is 0 Å². The number of rotatable bonds is 7. The van der Waals surface area contributed by atoms with Gasteiger partial charge in [-0.25, -0.2) is 8.78 Å². The van der Waals surface area contributed by atoms with Gasteiger partial charge < -0.3 is 14.7 Å². The Morgan fingerprint density at radius 1 is 1.41 bits per heavy atom. The number of carbonyl (C=O) groups excluding carboxylic acids is 1. The largest absolute Gasteiger partial charge is 0.480 e. The molecule has 2 atom stereocenters. The molecule has 1 N–H and O–H groups in total. The number of ether oxygens (including phenoxy) is 1. The van der Waals surface area contributed by atoms with Crippen LogP contribution in [0.25, 0.3) is 0 Å². The van der Waals surface area contributed by atoms with Gasteiger partial charge in [0.25, 0.3) is 0 Å². The van der Waals surface area contributed by atoms with Gasteiger partial charge in [0.1, 0.15) is 6.54 Å². The van der Waals surface area contributed by atoms with E-state index < -0.39 is 36.0 Å². The highest BCUT2D eigenvalue weighted by Gasteiger charge is 2.47. The summed E-state index contributed by atoms with van der Waals surface area (Å²) < 4.78 is 31.8. The van der Waals surface area contributed by atoms with E-state index in [1.54, 1.807) is 0 Å². The SMILES string of the molecule is COCCN(CC(=O)O)C(=O)[C@@H]1C[C@@H]1c1cccc(F)c1F. The Morgan fingerprint density at radius 3 is 2.77 bits per heavy atom. The Balaban J connectivity index is 2.07. The summed E-state index contributed by atoms with van der Waals surface area (Å²) in [6.07, 6.45) is 0.391. The molecule has 0 heterocycles. The molecule has 0 saturated heterocycles. The van der Waals surface area contributed by atoms with Crippen molar-refractivity contribution in [2.45, 2.75) is 12.3 Å². The molecule has 1 amide bonds. The van der Waals surface area contributed by atoms with Gasteiger partial charge in [-0.05, 0) is 24.0 Å². The van der Waals surface area contributed by atoms with E-state index in [4.69, 9.17) is 9.84 Å². The fourth-order valence-electron chi connectivity index (χ4n) is 2.48. The molecule has 1 aromatic carbocycles. The van der Waals surface area contributed by atoms with Crippen molar-refractivity contribution in [3.63, 3.8) is 0 Å². The predicted molar refractivity (Wildman–Crippen MR) is 73.3 cm³/mol. The van der Waals surface area contributed by atoms with E-state index in [0.717, 1.165) is 6.07 Å². The predicted octanol–water partition coefficient (Wildman–Crippen LogP) is 1.63. The molecule has 22 heavy (non-hydrogen) atoms. The van der Waals surface area contributed by atoms with E-state index in [-0.39, 0.29) is 24.6 Å². The van der Waals surface area contributed by atoms with Crippen LogP contribution in [0.2, 0.25) is 0 Å². The van der Waals surface area contributed by atoms with Crippen LogP contribution >= 0.6 is 0 Å². The lowest BCUT2D eigenvalue weighted by molar-refractivity contribution is -0.145. The van der Waals surface area contributed by atoms with Crippen molar-refractivity contribution in [1.29, 1.82) is 0 Å². The average molecular weight is 313 g/mol. The number of hydrogen-bond acceptors (Lipinski definition) is 3. The van der Waals surface area contributed by atoms with Crippen molar-refractivity contribution in [3.05, 3.63) is 35.4 Å². The van der Waals surface area contributed by atoms with Crippen molar-refractivity contribution < 1.29 is 28.2 Å². The second-order valence-electron chi connectivity index (χ2n) is 5.24. The lowest BCUT2D eigenvalue weighted by Gasteiger charge is -2.20. The Bertz CT molecular complexity index is 579. The van der Waals surface area contributed by atoms with E-state index in [2.05, 4.69) is 0 Å². The van der Waals surface area contributed by atoms with E-state index in [0.29, 0.717) is 6.42 Å². The number of methoxy groups -OCH3 is 1. The van der Waals surface area contributed by atoms with Crippen LogP contribution in [0.15, 0.2) is 18.2 Å². The average Bonchev–Trinajstić information content (AvgIpc) is 3.25. The zero-order chi connectivity index (χ0) is 16.3. The molecule has 0 radical (unpaired) electrons. The Morgan fingerprint density at radius 2 is 2.14 bits per heavy atom. The van der Waals surface area contributed by atoms with Crippen molar-refractivity contribution >= 4 is 11.9 Å². The molecule has 0 aromatic heterocycles. The van der Waals surface area contributed by atoms with Gasteiger partial charge in [-0.1, -0.05) is 12.1 Å². The first-order valence-corrected chi connectivity index (χ1v) is 6.89. The number of aliphatic carboxylic acids is 1. The van der Waals surface area contributed by atoms with E-state index >= 15 is 0 Å². The van der Waals surface area contributed by atoms with Crippen molar-refractivity contribution in [2.24, 2.45) is 5.92 Å². The lowest BCUT2D eigenvalue weighted by Crippen LogP contribution is -2.39. The van der Waals surface area contributed by atoms with Gasteiger partial charge in [0, 0.05) is 19.6 Å². The summed E-state index contributed by atoms with van der Waals surface area (Å²) in [5, 5.41) is 8.85. The number of hydrogen-bond donors (Lipinski definition) is 1. The van der Waals surface area contributed by atoms with E-state index in [9.17, 15) is 18.4 Å². The van der Waals surface area contributed by atoms with Crippen LogP contribution in [0.5, 0.6) is 0 Å². The molecule has 0 bridgehead atoms. The number of halogens is 2. The molecule has 0 spiro atoms. The van der Waals surface area contributed by atoms with Gasteiger partial charge in [0.05, 0.1) is 6.61 Å². The number of benzene rings is 1. The van der Waals surface area contributed by atoms with Gasteiger partial charge in [-0.3, -0.25) is 9.59 Å². The molecular weight excluding hydrogens is 296 g/mol. The van der Waals surface area contributed by atoms with Crippen LogP contribution < -0.4 is 0 Å². The summed E-state index contributed by atoms with van der Waals surface area (Å²) in [5.41, 5.74) is 0.167. The zero-order valence-corrected chi connectivity index (χ0v) is 12.1. The molecule has 7 heteroatoms. The summed E-state index contributed by atoms with van der Waals surface area (Å²) in [6, 6.07) is 3.87. The topological polar surface area (TPSA) is 66.8 Å². The van der Waals surface area contributed by atoms with Crippen LogP contribution in [-0.4, -0.2) is 48.7 Å². The van der Waals surface area contributed by atoms with Crippen LogP contribution in [0, 0.1) is 17.6 Å². The smallest absolute Gasteiger partial charge is 0.323 e. The maximum atomic E-state index is 13.7. The Kier molecular flexibility index (Phi) is 5.07. The monoisotopic (exact) mass is 313 g/mol. The first-order valence-electron chi connectivity index (χ1n) is 6.89. The third kappa shape index (κ3) is 3.59. The third-order valence-electron chi connectivity index (χ3n) is 3.69. The maximum absolute atomic E-state index is 13.7. The Labute approximate surface area is 126 Å². The normalized spacial score (nSPS) is 19.8. The molecule has 2 rings (SSSR count). The number of nitrogens with zero attached hydrogens (tertiary/aromatic N) is 1. The van der Waals surface area contributed by atoms with Crippen LogP contribution in [0.4, 0.5) is 8.78 Å². The van der Waals surface area contributed by atoms with Crippen LogP contribution in [-0.2, 0) is 14.3 Å². The van der Waals surface area contributed by atoms with Gasteiger partial charge in [0.15, 0.2) is 11.6 Å². The summed E-state index contributed by atoms with van der Waals surface area (Å²) in [4.78, 5) is 24.3.